The van der Waals surface area contributed by atoms with Gasteiger partial charge in [0.1, 0.15) is 17.5 Å². The van der Waals surface area contributed by atoms with Gasteiger partial charge >= 0.3 is 0 Å². The van der Waals surface area contributed by atoms with E-state index in [-0.39, 0.29) is 5.91 Å². The van der Waals surface area contributed by atoms with Crippen LogP contribution in [0.2, 0.25) is 0 Å². The van der Waals surface area contributed by atoms with Gasteiger partial charge in [0.25, 0.3) is 5.91 Å². The maximum atomic E-state index is 12.6. The Morgan fingerprint density at radius 1 is 0.814 bits per heavy atom. The summed E-state index contributed by atoms with van der Waals surface area (Å²) in [7, 11) is 0. The van der Waals surface area contributed by atoms with E-state index in [9.17, 15) is 13.6 Å². The van der Waals surface area contributed by atoms with Crippen LogP contribution in [0.3, 0.4) is 0 Å². The van der Waals surface area contributed by atoms with Crippen molar-refractivity contribution in [2.75, 3.05) is 31.1 Å². The number of carbonyl (C=O) groups is 1. The lowest BCUT2D eigenvalue weighted by Gasteiger charge is -2.23. The van der Waals surface area contributed by atoms with Crippen molar-refractivity contribution in [3.8, 4) is 0 Å². The van der Waals surface area contributed by atoms with Crippen molar-refractivity contribution in [3.63, 3.8) is 0 Å². The molecule has 2 N–H and O–H groups in total. The summed E-state index contributed by atoms with van der Waals surface area (Å²) < 4.78 is 24.4. The normalized spacial score (nSPS) is 9.84. The average molecular weight is 599 g/mol. The highest BCUT2D eigenvalue weighted by Crippen LogP contribution is 2.16. The summed E-state index contributed by atoms with van der Waals surface area (Å²) in [6.07, 6.45) is 4.08. The predicted octanol–water partition coefficient (Wildman–Crippen LogP) is 8.81. The molecule has 2 aromatic carbocycles. The maximum Gasteiger partial charge on any atom is 0.251 e. The minimum atomic E-state index is -0.521. The Morgan fingerprint density at radius 3 is 1.98 bits per heavy atom. The molecule has 5 nitrogen and oxygen atoms in total. The Balaban J connectivity index is 0.00000113. The Bertz CT molecular complexity index is 1110. The summed E-state index contributed by atoms with van der Waals surface area (Å²) in [5.74, 6) is -0.162. The Morgan fingerprint density at radius 2 is 1.42 bits per heavy atom. The van der Waals surface area contributed by atoms with Crippen LogP contribution in [0.25, 0.3) is 0 Å². The molecule has 3 aromatic rings. The zero-order valence-corrected chi connectivity index (χ0v) is 28.1. The lowest BCUT2D eigenvalue weighted by atomic mass is 10.1. The molecule has 240 valence electrons. The highest BCUT2D eigenvalue weighted by molar-refractivity contribution is 5.95. The molecule has 0 unspecified atom stereocenters. The van der Waals surface area contributed by atoms with Gasteiger partial charge in [-0.1, -0.05) is 72.7 Å². The first-order valence-electron chi connectivity index (χ1n) is 16.0. The van der Waals surface area contributed by atoms with Crippen molar-refractivity contribution in [2.45, 2.75) is 94.5 Å². The smallest absolute Gasteiger partial charge is 0.251 e. The lowest BCUT2D eigenvalue weighted by molar-refractivity contribution is 0.0953. The molecule has 0 atom stereocenters. The summed E-state index contributed by atoms with van der Waals surface area (Å²) in [5.41, 5.74) is 4.85. The standard InChI is InChI=1S/C25H38N4O.C7H6F2.2C2H6/c1-5-14-29(15-6-2)24-18-23(16-20(4)28-24)25(30)27-13-9-12-26-19-22-11-8-10-21(7-3)17-22;1-5-2-6(8)4-7(9)3-5;2*1-2/h8,10-11,16-18,26H,5-7,9,12-15,19H2,1-4H3,(H,27,30);2-4H,1H3;2*1-2H3. The molecule has 0 aliphatic heterocycles. The van der Waals surface area contributed by atoms with Crippen LogP contribution in [-0.4, -0.2) is 37.1 Å². The number of rotatable bonds is 13. The number of aromatic nitrogens is 1. The van der Waals surface area contributed by atoms with Gasteiger partial charge in [-0.3, -0.25) is 4.79 Å². The van der Waals surface area contributed by atoms with E-state index in [4.69, 9.17) is 0 Å². The number of pyridine rings is 1. The summed E-state index contributed by atoms with van der Waals surface area (Å²) in [6.45, 7) is 22.4. The van der Waals surface area contributed by atoms with Crippen molar-refractivity contribution >= 4 is 11.7 Å². The van der Waals surface area contributed by atoms with E-state index < -0.39 is 11.6 Å². The molecule has 1 aromatic heterocycles. The van der Waals surface area contributed by atoms with E-state index in [0.717, 1.165) is 69.4 Å². The Hall–Kier alpha value is -3.32. The molecular weight excluding hydrogens is 542 g/mol. The molecule has 0 fully saturated rings. The maximum absolute atomic E-state index is 12.6. The molecule has 0 spiro atoms. The quantitative estimate of drug-likeness (QED) is 0.193. The van der Waals surface area contributed by atoms with Crippen LogP contribution in [0.15, 0.2) is 54.6 Å². The van der Waals surface area contributed by atoms with E-state index in [1.165, 1.54) is 23.3 Å². The molecule has 43 heavy (non-hydrogen) atoms. The van der Waals surface area contributed by atoms with Crippen LogP contribution < -0.4 is 15.5 Å². The first kappa shape index (κ1) is 39.7. The van der Waals surface area contributed by atoms with Gasteiger partial charge in [0, 0.05) is 43.5 Å². The predicted molar refractivity (Wildman–Crippen MR) is 180 cm³/mol. The number of carbonyl (C=O) groups excluding carboxylic acids is 1. The van der Waals surface area contributed by atoms with Gasteiger partial charge in [0.15, 0.2) is 0 Å². The third-order valence-corrected chi connectivity index (χ3v) is 6.06. The third-order valence-electron chi connectivity index (χ3n) is 6.06. The van der Waals surface area contributed by atoms with E-state index >= 15 is 0 Å². The number of anilines is 1. The number of nitrogens with one attached hydrogen (secondary N) is 2. The highest BCUT2D eigenvalue weighted by Gasteiger charge is 2.12. The number of halogens is 2. The first-order valence-corrected chi connectivity index (χ1v) is 16.0. The van der Waals surface area contributed by atoms with E-state index in [1.807, 2.05) is 46.8 Å². The van der Waals surface area contributed by atoms with Crippen LogP contribution in [-0.2, 0) is 13.0 Å². The van der Waals surface area contributed by atoms with Crippen molar-refractivity contribution in [3.05, 3.63) is 94.2 Å². The molecule has 1 heterocycles. The molecule has 0 aliphatic carbocycles. The van der Waals surface area contributed by atoms with E-state index in [0.29, 0.717) is 17.7 Å². The van der Waals surface area contributed by atoms with E-state index in [1.54, 1.807) is 6.92 Å². The van der Waals surface area contributed by atoms with Gasteiger partial charge in [0.05, 0.1) is 0 Å². The number of amides is 1. The third kappa shape index (κ3) is 16.8. The average Bonchev–Trinajstić information content (AvgIpc) is 3.00. The number of hydrogen-bond acceptors (Lipinski definition) is 4. The van der Waals surface area contributed by atoms with Crippen molar-refractivity contribution in [1.29, 1.82) is 0 Å². The molecule has 0 bridgehead atoms. The molecule has 7 heteroatoms. The molecule has 0 aliphatic rings. The fraction of sp³-hybridized carbons (Fsp3) is 0.500. The van der Waals surface area contributed by atoms with Crippen LogP contribution in [0.5, 0.6) is 0 Å². The van der Waals surface area contributed by atoms with Gasteiger partial charge in [0.2, 0.25) is 0 Å². The zero-order valence-electron chi connectivity index (χ0n) is 28.1. The minimum absolute atomic E-state index is 0.0228. The van der Waals surface area contributed by atoms with Gasteiger partial charge in [-0.25, -0.2) is 13.8 Å². The van der Waals surface area contributed by atoms with Crippen LogP contribution >= 0.6 is 0 Å². The summed E-state index contributed by atoms with van der Waals surface area (Å²) in [6, 6.07) is 15.9. The van der Waals surface area contributed by atoms with Gasteiger partial charge in [-0.15, -0.1) is 0 Å². The SMILES string of the molecule is CC.CC.CCCN(CCC)c1cc(C(=O)NCCCNCc2cccc(CC)c2)cc(C)n1.Cc1cc(F)cc(F)c1. The second-order valence-corrected chi connectivity index (χ2v) is 9.75. The first-order chi connectivity index (χ1) is 20.7. The molecule has 0 radical (unpaired) electrons. The molecule has 0 saturated carbocycles. The van der Waals surface area contributed by atoms with Crippen molar-refractivity contribution < 1.29 is 13.6 Å². The Kier molecular flexibility index (Phi) is 22.3. The summed E-state index contributed by atoms with van der Waals surface area (Å²) >= 11 is 0. The minimum Gasteiger partial charge on any atom is -0.357 e. The number of aryl methyl sites for hydroxylation is 3. The van der Waals surface area contributed by atoms with E-state index in [2.05, 4.69) is 65.6 Å². The van der Waals surface area contributed by atoms with Crippen molar-refractivity contribution in [2.24, 2.45) is 0 Å². The summed E-state index contributed by atoms with van der Waals surface area (Å²) in [5, 5.41) is 6.51. The molecular formula is C36H56F2N4O. The summed E-state index contributed by atoms with van der Waals surface area (Å²) in [4.78, 5) is 19.6. The lowest BCUT2D eigenvalue weighted by Crippen LogP contribution is -2.29. The van der Waals surface area contributed by atoms with Crippen LogP contribution in [0.4, 0.5) is 14.6 Å². The zero-order chi connectivity index (χ0) is 32.6. The topological polar surface area (TPSA) is 57.3 Å². The fourth-order valence-electron chi connectivity index (χ4n) is 4.23. The van der Waals surface area contributed by atoms with Gasteiger partial charge in [-0.05, 0) is 87.0 Å². The van der Waals surface area contributed by atoms with Crippen molar-refractivity contribution in [1.82, 2.24) is 15.6 Å². The second kappa shape index (κ2) is 24.2. The monoisotopic (exact) mass is 598 g/mol. The number of hydrogen-bond donors (Lipinski definition) is 2. The molecule has 3 rings (SSSR count). The Labute approximate surface area is 260 Å². The molecule has 0 saturated heterocycles. The fourth-order valence-corrected chi connectivity index (χ4v) is 4.23. The van der Waals surface area contributed by atoms with Gasteiger partial charge < -0.3 is 15.5 Å². The van der Waals surface area contributed by atoms with Crippen LogP contribution in [0.1, 0.15) is 100 Å². The highest BCUT2D eigenvalue weighted by atomic mass is 19.1. The van der Waals surface area contributed by atoms with Crippen LogP contribution in [0, 0.1) is 25.5 Å². The number of benzene rings is 2. The van der Waals surface area contributed by atoms with Gasteiger partial charge in [-0.2, -0.15) is 0 Å². The molecule has 1 amide bonds. The number of nitrogens with zero attached hydrogens (tertiary/aromatic N) is 2. The second-order valence-electron chi connectivity index (χ2n) is 9.75. The largest absolute Gasteiger partial charge is 0.357 e.